The van der Waals surface area contributed by atoms with Gasteiger partial charge in [0, 0.05) is 24.5 Å². The van der Waals surface area contributed by atoms with Crippen LogP contribution in [-0.2, 0) is 14.3 Å². The van der Waals surface area contributed by atoms with E-state index in [-0.39, 0.29) is 17.8 Å². The number of carbonyl (C=O) groups is 2. The maximum absolute atomic E-state index is 12.2. The third-order valence-electron chi connectivity index (χ3n) is 4.15. The van der Waals surface area contributed by atoms with Crippen molar-refractivity contribution in [2.45, 2.75) is 32.6 Å². The number of halogens is 2. The Kier molecular flexibility index (Phi) is 7.85. The van der Waals surface area contributed by atoms with Gasteiger partial charge in [0.1, 0.15) is 5.75 Å². The molecule has 1 aliphatic rings. The fourth-order valence-electron chi connectivity index (χ4n) is 2.78. The minimum Gasteiger partial charge on any atom is -0.492 e. The van der Waals surface area contributed by atoms with Gasteiger partial charge in [0.05, 0.1) is 24.2 Å². The highest BCUT2D eigenvalue weighted by Gasteiger charge is 2.27. The van der Waals surface area contributed by atoms with E-state index in [2.05, 4.69) is 0 Å². The van der Waals surface area contributed by atoms with Crippen LogP contribution in [0.4, 0.5) is 0 Å². The Morgan fingerprint density at radius 2 is 1.96 bits per heavy atom. The van der Waals surface area contributed by atoms with Crippen LogP contribution in [0.2, 0.25) is 10.0 Å². The number of likely N-dealkylation sites (tertiary alicyclic amines) is 1. The van der Waals surface area contributed by atoms with Crippen LogP contribution in [0.5, 0.6) is 5.75 Å². The number of benzene rings is 1. The monoisotopic (exact) mass is 387 g/mol. The van der Waals surface area contributed by atoms with Gasteiger partial charge in [0.2, 0.25) is 5.91 Å². The zero-order chi connectivity index (χ0) is 18.2. The molecule has 1 aromatic rings. The molecule has 7 heteroatoms. The van der Waals surface area contributed by atoms with Crippen LogP contribution in [0.3, 0.4) is 0 Å². The lowest BCUT2D eigenvalue weighted by molar-refractivity contribution is -0.151. The molecule has 0 atom stereocenters. The molecule has 138 valence electrons. The van der Waals surface area contributed by atoms with Crippen molar-refractivity contribution in [2.24, 2.45) is 5.92 Å². The number of ether oxygens (including phenoxy) is 2. The van der Waals surface area contributed by atoms with Crippen LogP contribution in [0.15, 0.2) is 18.2 Å². The molecule has 2 rings (SSSR count). The quantitative estimate of drug-likeness (QED) is 0.524. The number of hydrogen-bond acceptors (Lipinski definition) is 4. The summed E-state index contributed by atoms with van der Waals surface area (Å²) in [4.78, 5) is 25.8. The van der Waals surface area contributed by atoms with Crippen LogP contribution >= 0.6 is 23.2 Å². The zero-order valence-electron chi connectivity index (χ0n) is 14.3. The second-order valence-corrected chi connectivity index (χ2v) is 6.78. The van der Waals surface area contributed by atoms with Gasteiger partial charge in [-0.05, 0) is 44.4 Å². The van der Waals surface area contributed by atoms with Crippen molar-refractivity contribution in [3.8, 4) is 5.75 Å². The van der Waals surface area contributed by atoms with E-state index >= 15 is 0 Å². The molecule has 0 saturated carbocycles. The van der Waals surface area contributed by atoms with Gasteiger partial charge in [-0.3, -0.25) is 9.59 Å². The number of esters is 1. The van der Waals surface area contributed by atoms with Gasteiger partial charge in [-0.2, -0.15) is 0 Å². The molecule has 1 heterocycles. The van der Waals surface area contributed by atoms with E-state index < -0.39 is 0 Å². The fourth-order valence-corrected chi connectivity index (χ4v) is 3.24. The lowest BCUT2D eigenvalue weighted by Gasteiger charge is -2.31. The first-order valence-corrected chi connectivity index (χ1v) is 9.29. The molecule has 25 heavy (non-hydrogen) atoms. The maximum Gasteiger partial charge on any atom is 0.309 e. The normalized spacial score (nSPS) is 15.1. The molecular weight excluding hydrogens is 365 g/mol. The van der Waals surface area contributed by atoms with E-state index in [1.807, 2.05) is 4.90 Å². The molecule has 1 aromatic carbocycles. The second kappa shape index (κ2) is 9.88. The molecule has 0 radical (unpaired) electrons. The molecule has 0 unspecified atom stereocenters. The van der Waals surface area contributed by atoms with Crippen molar-refractivity contribution < 1.29 is 19.1 Å². The highest BCUT2D eigenvalue weighted by molar-refractivity contribution is 6.35. The van der Waals surface area contributed by atoms with Crippen LogP contribution < -0.4 is 4.74 Å². The minimum atomic E-state index is -0.150. The van der Waals surface area contributed by atoms with E-state index in [0.29, 0.717) is 67.8 Å². The van der Waals surface area contributed by atoms with E-state index in [4.69, 9.17) is 32.7 Å². The van der Waals surface area contributed by atoms with E-state index in [9.17, 15) is 9.59 Å². The maximum atomic E-state index is 12.2. The Labute approximate surface area is 158 Å². The zero-order valence-corrected chi connectivity index (χ0v) is 15.8. The molecule has 1 amide bonds. The Bertz CT molecular complexity index is 601. The summed E-state index contributed by atoms with van der Waals surface area (Å²) >= 11 is 11.9. The first-order valence-electron chi connectivity index (χ1n) is 8.53. The number of rotatable bonds is 7. The Hall–Kier alpha value is -1.46. The summed E-state index contributed by atoms with van der Waals surface area (Å²) in [6.45, 7) is 3.82. The highest BCUT2D eigenvalue weighted by atomic mass is 35.5. The van der Waals surface area contributed by atoms with Crippen molar-refractivity contribution in [3.05, 3.63) is 28.2 Å². The molecule has 0 aromatic heterocycles. The lowest BCUT2D eigenvalue weighted by Crippen LogP contribution is -2.40. The third kappa shape index (κ3) is 6.08. The fraction of sp³-hybridized carbons (Fsp3) is 0.556. The van der Waals surface area contributed by atoms with Crippen molar-refractivity contribution in [1.82, 2.24) is 4.90 Å². The Morgan fingerprint density at radius 3 is 2.60 bits per heavy atom. The number of nitrogens with zero attached hydrogens (tertiary/aromatic N) is 1. The molecule has 1 aliphatic heterocycles. The number of amides is 1. The minimum absolute atomic E-state index is 0.0839. The van der Waals surface area contributed by atoms with Gasteiger partial charge in [-0.1, -0.05) is 23.2 Å². The molecule has 0 bridgehead atoms. The van der Waals surface area contributed by atoms with Gasteiger partial charge >= 0.3 is 5.97 Å². The van der Waals surface area contributed by atoms with Gasteiger partial charge in [0.25, 0.3) is 0 Å². The van der Waals surface area contributed by atoms with Crippen molar-refractivity contribution in [1.29, 1.82) is 0 Å². The first-order chi connectivity index (χ1) is 12.0. The van der Waals surface area contributed by atoms with E-state index in [0.717, 1.165) is 0 Å². The average Bonchev–Trinajstić information content (AvgIpc) is 2.60. The summed E-state index contributed by atoms with van der Waals surface area (Å²) in [5.74, 6) is 0.420. The number of carbonyl (C=O) groups excluding carboxylic acids is 2. The topological polar surface area (TPSA) is 55.8 Å². The highest BCUT2D eigenvalue weighted by Crippen LogP contribution is 2.27. The summed E-state index contributed by atoms with van der Waals surface area (Å²) in [6.07, 6.45) is 2.35. The van der Waals surface area contributed by atoms with Crippen LogP contribution in [0, 0.1) is 5.92 Å². The largest absolute Gasteiger partial charge is 0.492 e. The second-order valence-electron chi connectivity index (χ2n) is 5.93. The van der Waals surface area contributed by atoms with Crippen LogP contribution in [-0.4, -0.2) is 43.1 Å². The Morgan fingerprint density at radius 1 is 1.24 bits per heavy atom. The summed E-state index contributed by atoms with van der Waals surface area (Å²) in [6, 6.07) is 5.05. The van der Waals surface area contributed by atoms with Gasteiger partial charge in [-0.25, -0.2) is 0 Å². The summed E-state index contributed by atoms with van der Waals surface area (Å²) in [7, 11) is 0. The first kappa shape index (κ1) is 19.9. The molecule has 1 fully saturated rings. The summed E-state index contributed by atoms with van der Waals surface area (Å²) in [5, 5.41) is 1.01. The van der Waals surface area contributed by atoms with Crippen LogP contribution in [0.25, 0.3) is 0 Å². The SMILES string of the molecule is CCOC(=O)C1CCN(C(=O)CCCOc2ccc(Cl)cc2Cl)CC1. The molecule has 0 spiro atoms. The number of hydrogen-bond donors (Lipinski definition) is 0. The lowest BCUT2D eigenvalue weighted by atomic mass is 9.97. The third-order valence-corrected chi connectivity index (χ3v) is 4.68. The predicted molar refractivity (Wildman–Crippen MR) is 97.1 cm³/mol. The Balaban J connectivity index is 1.67. The van der Waals surface area contributed by atoms with Gasteiger partial charge < -0.3 is 14.4 Å². The van der Waals surface area contributed by atoms with Gasteiger partial charge in [0.15, 0.2) is 0 Å². The molecular formula is C18H23Cl2NO4. The summed E-state index contributed by atoms with van der Waals surface area (Å²) in [5.41, 5.74) is 0. The molecule has 0 aliphatic carbocycles. The molecule has 1 saturated heterocycles. The van der Waals surface area contributed by atoms with Gasteiger partial charge in [-0.15, -0.1) is 0 Å². The van der Waals surface area contributed by atoms with E-state index in [1.54, 1.807) is 25.1 Å². The van der Waals surface area contributed by atoms with E-state index in [1.165, 1.54) is 0 Å². The number of piperidine rings is 1. The molecule has 0 N–H and O–H groups in total. The van der Waals surface area contributed by atoms with Crippen molar-refractivity contribution in [2.75, 3.05) is 26.3 Å². The van der Waals surface area contributed by atoms with Crippen molar-refractivity contribution in [3.63, 3.8) is 0 Å². The van der Waals surface area contributed by atoms with Crippen LogP contribution in [0.1, 0.15) is 32.6 Å². The van der Waals surface area contributed by atoms with Crippen molar-refractivity contribution >= 4 is 35.1 Å². The average molecular weight is 388 g/mol. The smallest absolute Gasteiger partial charge is 0.309 e. The molecule has 5 nitrogen and oxygen atoms in total. The predicted octanol–water partition coefficient (Wildman–Crippen LogP) is 3.95. The standard InChI is InChI=1S/C18H23Cl2NO4/c1-2-24-18(23)13-7-9-21(10-8-13)17(22)4-3-11-25-16-6-5-14(19)12-15(16)20/h5-6,12-13H,2-4,7-11H2,1H3. The summed E-state index contributed by atoms with van der Waals surface area (Å²) < 4.78 is 10.6.